The molecule has 2 N–H and O–H groups in total. The van der Waals surface area contributed by atoms with Crippen LogP contribution in [0, 0.1) is 5.82 Å². The van der Waals surface area contributed by atoms with Crippen LogP contribution in [0.15, 0.2) is 41.7 Å². The van der Waals surface area contributed by atoms with Crippen molar-refractivity contribution in [2.75, 3.05) is 32.8 Å². The first-order valence-corrected chi connectivity index (χ1v) is 7.75. The molecule has 0 unspecified atom stereocenters. The number of oxime groups is 1. The van der Waals surface area contributed by atoms with Crippen molar-refractivity contribution in [2.24, 2.45) is 10.9 Å². The van der Waals surface area contributed by atoms with Gasteiger partial charge in [0.15, 0.2) is 12.4 Å². The van der Waals surface area contributed by atoms with Gasteiger partial charge in [-0.05, 0) is 24.3 Å². The molecule has 0 aliphatic carbocycles. The average Bonchev–Trinajstić information content (AvgIpc) is 3.05. The Balaban J connectivity index is 1.50. The number of hydrogen-bond donors (Lipinski definition) is 1. The molecule has 0 bridgehead atoms. The van der Waals surface area contributed by atoms with E-state index < -0.39 is 0 Å². The largest absolute Gasteiger partial charge is 0.388 e. The van der Waals surface area contributed by atoms with Crippen LogP contribution in [0.5, 0.6) is 0 Å². The Morgan fingerprint density at radius 3 is 2.96 bits per heavy atom. The van der Waals surface area contributed by atoms with Crippen LogP contribution in [-0.2, 0) is 16.2 Å². The number of nitrogens with zero attached hydrogens (tertiary/aromatic N) is 4. The van der Waals surface area contributed by atoms with Gasteiger partial charge < -0.3 is 15.3 Å². The fraction of sp³-hybridized carbons (Fsp3) is 0.375. The van der Waals surface area contributed by atoms with Crippen LogP contribution in [0.25, 0.3) is 5.69 Å². The first-order valence-electron chi connectivity index (χ1n) is 7.75. The van der Waals surface area contributed by atoms with Gasteiger partial charge in [0.1, 0.15) is 11.5 Å². The monoisotopic (exact) mass is 333 g/mol. The van der Waals surface area contributed by atoms with Crippen molar-refractivity contribution in [1.82, 2.24) is 14.7 Å². The molecule has 1 aromatic carbocycles. The van der Waals surface area contributed by atoms with E-state index in [0.717, 1.165) is 13.1 Å². The molecule has 1 fully saturated rings. The maximum absolute atomic E-state index is 13.2. The van der Waals surface area contributed by atoms with Crippen LogP contribution in [0.4, 0.5) is 4.39 Å². The van der Waals surface area contributed by atoms with Crippen molar-refractivity contribution in [3.05, 3.63) is 48.0 Å². The van der Waals surface area contributed by atoms with Crippen LogP contribution in [-0.4, -0.2) is 53.4 Å². The summed E-state index contributed by atoms with van der Waals surface area (Å²) in [6.45, 7) is 3.87. The average molecular weight is 333 g/mol. The maximum Gasteiger partial charge on any atom is 0.161 e. The van der Waals surface area contributed by atoms with Gasteiger partial charge in [-0.1, -0.05) is 11.2 Å². The van der Waals surface area contributed by atoms with Gasteiger partial charge in [0.05, 0.1) is 25.4 Å². The second-order valence-electron chi connectivity index (χ2n) is 5.48. The fourth-order valence-electron chi connectivity index (χ4n) is 2.40. The Morgan fingerprint density at radius 1 is 1.33 bits per heavy atom. The Labute approximate surface area is 139 Å². The highest BCUT2D eigenvalue weighted by Crippen LogP contribution is 2.10. The molecule has 0 radical (unpaired) electrons. The summed E-state index contributed by atoms with van der Waals surface area (Å²) < 4.78 is 20.1. The van der Waals surface area contributed by atoms with E-state index in [1.165, 1.54) is 12.1 Å². The molecule has 3 rings (SSSR count). The molecule has 8 heteroatoms. The van der Waals surface area contributed by atoms with Crippen LogP contribution < -0.4 is 5.73 Å². The van der Waals surface area contributed by atoms with E-state index in [-0.39, 0.29) is 12.4 Å². The lowest BCUT2D eigenvalue weighted by atomic mass is 10.3. The zero-order valence-corrected chi connectivity index (χ0v) is 13.3. The highest BCUT2D eigenvalue weighted by atomic mass is 19.1. The highest BCUT2D eigenvalue weighted by molar-refractivity contribution is 5.81. The third-order valence-corrected chi connectivity index (χ3v) is 3.60. The van der Waals surface area contributed by atoms with Gasteiger partial charge in [-0.3, -0.25) is 4.90 Å². The summed E-state index contributed by atoms with van der Waals surface area (Å²) in [5, 5.41) is 8.23. The summed E-state index contributed by atoms with van der Waals surface area (Å²) in [7, 11) is 0. The van der Waals surface area contributed by atoms with E-state index in [1.807, 2.05) is 0 Å². The van der Waals surface area contributed by atoms with Gasteiger partial charge >= 0.3 is 0 Å². The Kier molecular flexibility index (Phi) is 5.39. The van der Waals surface area contributed by atoms with Gasteiger partial charge in [-0.15, -0.1) is 0 Å². The summed E-state index contributed by atoms with van der Waals surface area (Å²) in [6, 6.07) is 8.01. The molecular formula is C16H20FN5O2. The SMILES string of the molecule is N/C(CN1CCOCC1)=N\OCc1ccn(-c2cccc(F)c2)n1. The Hall–Kier alpha value is -2.45. The van der Waals surface area contributed by atoms with Gasteiger partial charge in [0.2, 0.25) is 0 Å². The van der Waals surface area contributed by atoms with Crippen molar-refractivity contribution < 1.29 is 14.0 Å². The van der Waals surface area contributed by atoms with E-state index in [4.69, 9.17) is 15.3 Å². The molecule has 2 heterocycles. The number of halogens is 1. The summed E-state index contributed by atoms with van der Waals surface area (Å²) in [5.74, 6) is 0.114. The first kappa shape index (κ1) is 16.4. The molecule has 2 aromatic rings. The number of morpholine rings is 1. The summed E-state index contributed by atoms with van der Waals surface area (Å²) in [5.41, 5.74) is 7.19. The van der Waals surface area contributed by atoms with Gasteiger partial charge in [0.25, 0.3) is 0 Å². The first-order chi connectivity index (χ1) is 11.7. The van der Waals surface area contributed by atoms with Gasteiger partial charge in [-0.25, -0.2) is 9.07 Å². The lowest BCUT2D eigenvalue weighted by Crippen LogP contribution is -2.41. The van der Waals surface area contributed by atoms with Crippen LogP contribution in [0.3, 0.4) is 0 Å². The number of benzene rings is 1. The van der Waals surface area contributed by atoms with Crippen molar-refractivity contribution >= 4 is 5.84 Å². The lowest BCUT2D eigenvalue weighted by molar-refractivity contribution is 0.0442. The number of ether oxygens (including phenoxy) is 1. The van der Waals surface area contributed by atoms with E-state index in [2.05, 4.69) is 15.2 Å². The minimum absolute atomic E-state index is 0.201. The van der Waals surface area contributed by atoms with Gasteiger partial charge in [-0.2, -0.15) is 5.10 Å². The number of amidine groups is 1. The second-order valence-corrected chi connectivity index (χ2v) is 5.48. The minimum Gasteiger partial charge on any atom is -0.388 e. The number of hydrogen-bond acceptors (Lipinski definition) is 5. The summed E-state index contributed by atoms with van der Waals surface area (Å²) >= 11 is 0. The molecule has 1 aliphatic heterocycles. The van der Waals surface area contributed by atoms with Crippen molar-refractivity contribution in [1.29, 1.82) is 0 Å². The Bertz CT molecular complexity index is 697. The number of rotatable bonds is 6. The summed E-state index contributed by atoms with van der Waals surface area (Å²) in [6.07, 6.45) is 1.74. The fourth-order valence-corrected chi connectivity index (χ4v) is 2.40. The zero-order chi connectivity index (χ0) is 16.8. The van der Waals surface area contributed by atoms with Gasteiger partial charge in [0, 0.05) is 19.3 Å². The van der Waals surface area contributed by atoms with E-state index >= 15 is 0 Å². The quantitative estimate of drug-likeness (QED) is 0.487. The molecule has 1 saturated heterocycles. The molecule has 1 aromatic heterocycles. The molecule has 0 spiro atoms. The topological polar surface area (TPSA) is 77.9 Å². The molecule has 1 aliphatic rings. The van der Waals surface area contributed by atoms with Crippen molar-refractivity contribution in [3.63, 3.8) is 0 Å². The minimum atomic E-state index is -0.304. The molecule has 7 nitrogen and oxygen atoms in total. The zero-order valence-electron chi connectivity index (χ0n) is 13.3. The van der Waals surface area contributed by atoms with Crippen molar-refractivity contribution in [2.45, 2.75) is 6.61 Å². The number of nitrogens with two attached hydrogens (primary N) is 1. The molecule has 24 heavy (non-hydrogen) atoms. The van der Waals surface area contributed by atoms with E-state index in [1.54, 1.807) is 29.1 Å². The van der Waals surface area contributed by atoms with Crippen molar-refractivity contribution in [3.8, 4) is 5.69 Å². The van der Waals surface area contributed by atoms with E-state index in [0.29, 0.717) is 37.0 Å². The number of aromatic nitrogens is 2. The molecular weight excluding hydrogens is 313 g/mol. The highest BCUT2D eigenvalue weighted by Gasteiger charge is 2.11. The third kappa shape index (κ3) is 4.53. The standard InChI is InChI=1S/C16H20FN5O2/c17-13-2-1-3-15(10-13)22-5-4-14(19-22)12-24-20-16(18)11-21-6-8-23-9-7-21/h1-5,10H,6-9,11-12H2,(H2,18,20). The third-order valence-electron chi connectivity index (χ3n) is 3.60. The van der Waals surface area contributed by atoms with Crippen LogP contribution in [0.2, 0.25) is 0 Å². The molecule has 0 atom stereocenters. The second kappa shape index (κ2) is 7.89. The maximum atomic E-state index is 13.2. The molecule has 0 saturated carbocycles. The van der Waals surface area contributed by atoms with Crippen LogP contribution >= 0.6 is 0 Å². The predicted octanol–water partition coefficient (Wildman–Crippen LogP) is 1.13. The predicted molar refractivity (Wildman–Crippen MR) is 87.2 cm³/mol. The molecule has 128 valence electrons. The smallest absolute Gasteiger partial charge is 0.161 e. The lowest BCUT2D eigenvalue weighted by Gasteiger charge is -2.25. The summed E-state index contributed by atoms with van der Waals surface area (Å²) in [4.78, 5) is 7.41. The molecule has 0 amide bonds. The normalized spacial score (nSPS) is 16.3. The Morgan fingerprint density at radius 2 is 2.17 bits per heavy atom. The van der Waals surface area contributed by atoms with E-state index in [9.17, 15) is 4.39 Å². The van der Waals surface area contributed by atoms with Crippen LogP contribution in [0.1, 0.15) is 5.69 Å².